The fourth-order valence-corrected chi connectivity index (χ4v) is 7.02. The van der Waals surface area contributed by atoms with Crippen LogP contribution in [0.1, 0.15) is 102 Å². The highest BCUT2D eigenvalue weighted by Gasteiger charge is 2.27. The van der Waals surface area contributed by atoms with Crippen molar-refractivity contribution in [3.63, 3.8) is 0 Å². The first-order valence-electron chi connectivity index (χ1n) is 22.8. The molecule has 0 radical (unpaired) electrons. The zero-order valence-electron chi connectivity index (χ0n) is 40.2. The Balaban J connectivity index is 1.45. The van der Waals surface area contributed by atoms with Crippen molar-refractivity contribution in [2.24, 2.45) is 0 Å². The average molecular weight is 953 g/mol. The number of benzene rings is 4. The summed E-state index contributed by atoms with van der Waals surface area (Å²) in [6.07, 6.45) is -0.0713. The van der Waals surface area contributed by atoms with Gasteiger partial charge in [-0.25, -0.2) is 19.2 Å². The summed E-state index contributed by atoms with van der Waals surface area (Å²) in [5, 5.41) is 11.0. The Morgan fingerprint density at radius 2 is 0.971 bits per heavy atom. The fourth-order valence-electron chi connectivity index (χ4n) is 7.02. The molecule has 17 nitrogen and oxygen atoms in total. The first kappa shape index (κ1) is 54.2. The average Bonchev–Trinajstić information content (AvgIpc) is 3.33. The number of unbranched alkanes of at least 4 members (excludes halogenated alkanes) is 2. The molecule has 0 unspecified atom stereocenters. The van der Waals surface area contributed by atoms with Crippen molar-refractivity contribution in [2.45, 2.75) is 103 Å². The standard InChI is InChI=1S/C52H64N4O13/c1-52(2,3)69-51(63)56-42(22-14-16-28-54-50(62)68-34-36-19-11-8-12-20-36)44(58)31-37-23-25-45(64-4)39(29-37)47(59)55-41(21-13-15-27-53-49(61)67-33-35-17-9-7-10-18-35)43(57)32-38-24-26-46(65-5)40(30-38)48(60)66-6/h7-12,17-20,23-26,29-30,41-42H,13-16,21-22,27-28,31-34H2,1-6H3,(H,53,61)(H,54,62)(H,55,59)(H,56,63)/t41-,42-/m0/s1. The van der Waals surface area contributed by atoms with Gasteiger partial charge in [-0.3, -0.25) is 14.4 Å². The van der Waals surface area contributed by atoms with Crippen LogP contribution in [-0.4, -0.2) is 93.8 Å². The van der Waals surface area contributed by atoms with Crippen LogP contribution >= 0.6 is 0 Å². The number of carbonyl (C=O) groups excluding carboxylic acids is 7. The summed E-state index contributed by atoms with van der Waals surface area (Å²) in [4.78, 5) is 92.1. The number of Topliss-reactive ketones (excluding diaryl/α,β-unsaturated/α-hetero) is 2. The van der Waals surface area contributed by atoms with E-state index in [0.717, 1.165) is 11.1 Å². The number of esters is 1. The van der Waals surface area contributed by atoms with Crippen LogP contribution in [0.3, 0.4) is 0 Å². The van der Waals surface area contributed by atoms with Crippen molar-refractivity contribution in [2.75, 3.05) is 34.4 Å². The van der Waals surface area contributed by atoms with Crippen molar-refractivity contribution in [1.29, 1.82) is 0 Å². The normalized spacial score (nSPS) is 11.7. The number of hydrogen-bond acceptors (Lipinski definition) is 13. The Labute approximate surface area is 403 Å². The lowest BCUT2D eigenvalue weighted by Gasteiger charge is -2.23. The highest BCUT2D eigenvalue weighted by atomic mass is 16.6. The number of carbonyl (C=O) groups is 7. The number of nitrogens with one attached hydrogen (secondary N) is 4. The highest BCUT2D eigenvalue weighted by molar-refractivity contribution is 6.01. The predicted molar refractivity (Wildman–Crippen MR) is 256 cm³/mol. The summed E-state index contributed by atoms with van der Waals surface area (Å²) in [7, 11) is 4.03. The molecule has 4 aromatic rings. The van der Waals surface area contributed by atoms with E-state index in [1.54, 1.807) is 45.0 Å². The maximum Gasteiger partial charge on any atom is 0.408 e. The van der Waals surface area contributed by atoms with Gasteiger partial charge in [0.05, 0.1) is 39.0 Å². The largest absolute Gasteiger partial charge is 0.496 e. The topological polar surface area (TPSA) is 223 Å². The Kier molecular flexibility index (Phi) is 22.0. The molecule has 0 saturated heterocycles. The van der Waals surface area contributed by atoms with Gasteiger partial charge >= 0.3 is 24.2 Å². The maximum atomic E-state index is 14.1. The molecule has 4 N–H and O–H groups in total. The monoisotopic (exact) mass is 952 g/mol. The lowest BCUT2D eigenvalue weighted by molar-refractivity contribution is -0.121. The van der Waals surface area contributed by atoms with Gasteiger partial charge in [0.1, 0.15) is 35.9 Å². The summed E-state index contributed by atoms with van der Waals surface area (Å²) in [6, 6.07) is 25.9. The molecule has 4 amide bonds. The number of hydrogen-bond donors (Lipinski definition) is 4. The molecular formula is C52H64N4O13. The molecule has 17 heteroatoms. The Morgan fingerprint density at radius 1 is 0.522 bits per heavy atom. The molecule has 4 rings (SSSR count). The van der Waals surface area contributed by atoms with Crippen molar-refractivity contribution in [1.82, 2.24) is 21.3 Å². The second-order valence-corrected chi connectivity index (χ2v) is 17.0. The van der Waals surface area contributed by atoms with E-state index in [1.807, 2.05) is 60.7 Å². The highest BCUT2D eigenvalue weighted by Crippen LogP contribution is 2.24. The number of methoxy groups -OCH3 is 3. The molecule has 2 atom stereocenters. The summed E-state index contributed by atoms with van der Waals surface area (Å²) >= 11 is 0. The summed E-state index contributed by atoms with van der Waals surface area (Å²) < 4.78 is 31.8. The van der Waals surface area contributed by atoms with Gasteiger partial charge in [-0.05, 0) is 106 Å². The molecule has 0 aliphatic carbocycles. The first-order chi connectivity index (χ1) is 33.1. The van der Waals surface area contributed by atoms with Gasteiger partial charge in [0.15, 0.2) is 11.6 Å². The van der Waals surface area contributed by atoms with Crippen molar-refractivity contribution < 1.29 is 62.0 Å². The van der Waals surface area contributed by atoms with Gasteiger partial charge in [0.25, 0.3) is 5.91 Å². The summed E-state index contributed by atoms with van der Waals surface area (Å²) in [6.45, 7) is 5.87. The smallest absolute Gasteiger partial charge is 0.408 e. The number of rotatable bonds is 26. The van der Waals surface area contributed by atoms with Crippen LogP contribution in [-0.2, 0) is 54.6 Å². The molecule has 0 spiro atoms. The predicted octanol–water partition coefficient (Wildman–Crippen LogP) is 7.60. The zero-order chi connectivity index (χ0) is 50.2. The van der Waals surface area contributed by atoms with Crippen LogP contribution in [0.25, 0.3) is 0 Å². The third kappa shape index (κ3) is 19.4. The van der Waals surface area contributed by atoms with Gasteiger partial charge in [0.2, 0.25) is 0 Å². The van der Waals surface area contributed by atoms with E-state index in [0.29, 0.717) is 36.8 Å². The van der Waals surface area contributed by atoms with Crippen molar-refractivity contribution >= 4 is 41.7 Å². The maximum absolute atomic E-state index is 14.1. The van der Waals surface area contributed by atoms with Crippen LogP contribution in [0.2, 0.25) is 0 Å². The van der Waals surface area contributed by atoms with Crippen molar-refractivity contribution in [3.8, 4) is 11.5 Å². The third-order valence-electron chi connectivity index (χ3n) is 10.5. The molecule has 0 saturated carbocycles. The second-order valence-electron chi connectivity index (χ2n) is 17.0. The number of ketones is 2. The molecule has 69 heavy (non-hydrogen) atoms. The van der Waals surface area contributed by atoms with E-state index in [-0.39, 0.29) is 86.2 Å². The van der Waals surface area contributed by atoms with E-state index in [4.69, 9.17) is 28.4 Å². The van der Waals surface area contributed by atoms with E-state index in [2.05, 4.69) is 21.3 Å². The molecule has 4 aromatic carbocycles. The lowest BCUT2D eigenvalue weighted by atomic mass is 9.96. The van der Waals surface area contributed by atoms with Gasteiger partial charge in [-0.2, -0.15) is 0 Å². The number of amides is 4. The number of alkyl carbamates (subject to hydrolysis) is 3. The third-order valence-corrected chi connectivity index (χ3v) is 10.5. The molecular weight excluding hydrogens is 889 g/mol. The van der Waals surface area contributed by atoms with Gasteiger partial charge < -0.3 is 49.7 Å². The molecule has 0 heterocycles. The minimum absolute atomic E-state index is 0.0581. The van der Waals surface area contributed by atoms with Crippen LogP contribution in [0.15, 0.2) is 97.1 Å². The Bertz CT molecular complexity index is 2330. The van der Waals surface area contributed by atoms with E-state index >= 15 is 0 Å². The van der Waals surface area contributed by atoms with Gasteiger partial charge in [-0.1, -0.05) is 72.8 Å². The van der Waals surface area contributed by atoms with E-state index in [1.165, 1.54) is 33.5 Å². The van der Waals surface area contributed by atoms with Crippen LogP contribution < -0.4 is 30.7 Å². The quantitative estimate of drug-likeness (QED) is 0.0271. The van der Waals surface area contributed by atoms with Gasteiger partial charge in [-0.15, -0.1) is 0 Å². The van der Waals surface area contributed by atoms with Crippen LogP contribution in [0, 0.1) is 0 Å². The SMILES string of the molecule is COC(=O)c1cc(CC(=O)[C@H](CCCCNC(=O)OCc2ccccc2)NC(=O)c2cc(CC(=O)[C@H](CCCCNC(=O)OCc3ccccc3)NC(=O)OC(C)(C)C)ccc2OC)ccc1OC. The molecule has 370 valence electrons. The summed E-state index contributed by atoms with van der Waals surface area (Å²) in [5.74, 6) is -1.57. The second kappa shape index (κ2) is 28.0. The van der Waals surface area contributed by atoms with E-state index < -0.39 is 47.8 Å². The molecule has 0 aromatic heterocycles. The molecule has 0 bridgehead atoms. The number of ether oxygens (including phenoxy) is 6. The van der Waals surface area contributed by atoms with Crippen molar-refractivity contribution in [3.05, 3.63) is 130 Å². The minimum atomic E-state index is -1.02. The fraction of sp³-hybridized carbons (Fsp3) is 0.404. The molecule has 0 aliphatic rings. The zero-order valence-corrected chi connectivity index (χ0v) is 40.2. The van der Waals surface area contributed by atoms with Gasteiger partial charge in [0, 0.05) is 25.9 Å². The Morgan fingerprint density at radius 3 is 1.42 bits per heavy atom. The lowest BCUT2D eigenvalue weighted by Crippen LogP contribution is -2.44. The minimum Gasteiger partial charge on any atom is -0.496 e. The first-order valence-corrected chi connectivity index (χ1v) is 22.8. The van der Waals surface area contributed by atoms with Crippen LogP contribution in [0.4, 0.5) is 14.4 Å². The van der Waals surface area contributed by atoms with Crippen LogP contribution in [0.5, 0.6) is 11.5 Å². The van der Waals surface area contributed by atoms with E-state index in [9.17, 15) is 33.6 Å². The molecule has 0 aliphatic heterocycles. The summed E-state index contributed by atoms with van der Waals surface area (Å²) in [5.41, 5.74) is 1.97. The Hall–Kier alpha value is -7.43. The molecule has 0 fully saturated rings.